The first-order valence-corrected chi connectivity index (χ1v) is 27.3. The van der Waals surface area contributed by atoms with E-state index in [9.17, 15) is 26.3 Å². The maximum Gasteiger partial charge on any atom is 2.00 e. The molecular weight excluding hydrogens is 1160 g/mol. The van der Waals surface area contributed by atoms with Gasteiger partial charge in [0.25, 0.3) is 0 Å². The Bertz CT molecular complexity index is 2880. The van der Waals surface area contributed by atoms with Crippen molar-refractivity contribution in [2.75, 3.05) is 13.6 Å². The van der Waals surface area contributed by atoms with Crippen molar-refractivity contribution in [3.05, 3.63) is 145 Å². The summed E-state index contributed by atoms with van der Waals surface area (Å²) in [5.41, 5.74) is -7.39. The summed E-state index contributed by atoms with van der Waals surface area (Å²) in [6.45, 7) is 16.7. The quantitative estimate of drug-likeness (QED) is 0.0483. The monoisotopic (exact) mass is 1210 g/mol. The Morgan fingerprint density at radius 2 is 0.667 bits per heavy atom. The number of alkyl halides is 6. The van der Waals surface area contributed by atoms with Gasteiger partial charge >= 0.3 is 31.4 Å². The van der Waals surface area contributed by atoms with Crippen LogP contribution in [0.4, 0.5) is 26.3 Å². The number of nitriles is 2. The van der Waals surface area contributed by atoms with Crippen molar-refractivity contribution in [1.82, 2.24) is 0 Å². The molecule has 0 spiro atoms. The topological polar surface area (TPSA) is 199 Å². The van der Waals surface area contributed by atoms with E-state index in [0.29, 0.717) is 0 Å². The van der Waals surface area contributed by atoms with E-state index in [2.05, 4.69) is 175 Å². The minimum absolute atomic E-state index is 0. The van der Waals surface area contributed by atoms with Gasteiger partial charge in [-0.15, -0.1) is 0 Å². The fraction of sp³-hybridized carbons (Fsp3) is 0.269. The summed E-state index contributed by atoms with van der Waals surface area (Å²) in [5.74, 6) is 3.18. The van der Waals surface area contributed by atoms with Gasteiger partial charge in [-0.1, -0.05) is 163 Å². The molecule has 0 fully saturated rings. The molecule has 0 saturated carbocycles. The van der Waals surface area contributed by atoms with E-state index < -0.39 is 47.1 Å². The van der Waals surface area contributed by atoms with Crippen LogP contribution in [-0.4, -0.2) is 50.5 Å². The van der Waals surface area contributed by atoms with Gasteiger partial charge in [0.05, 0.1) is 12.1 Å². The number of halogens is 6. The molecule has 0 aliphatic carbocycles. The molecule has 2 aliphatic heterocycles. The second kappa shape index (κ2) is 26.5. The predicted octanol–water partition coefficient (Wildman–Crippen LogP) is 10.1. The number of hydrogen-bond donors (Lipinski definition) is 0. The van der Waals surface area contributed by atoms with Crippen LogP contribution in [0.1, 0.15) is 66.5 Å². The van der Waals surface area contributed by atoms with Crippen molar-refractivity contribution in [2.24, 2.45) is 0 Å². The van der Waals surface area contributed by atoms with Crippen molar-refractivity contribution >= 4 is 67.9 Å². The Morgan fingerprint density at radius 1 is 0.467 bits per heavy atom. The third kappa shape index (κ3) is 16.2. The smallest absolute Gasteiger partial charge is 0.741 e. The molecular formula is C52H50F6N2O10P2PdS2. The van der Waals surface area contributed by atoms with Crippen LogP contribution in [0.25, 0.3) is 11.1 Å². The first-order valence-electron chi connectivity index (χ1n) is 21.8. The molecule has 0 saturated heterocycles. The van der Waals surface area contributed by atoms with Gasteiger partial charge in [0, 0.05) is 36.1 Å². The first kappa shape index (κ1) is 63.7. The Hall–Kier alpha value is -5.58. The molecule has 0 amide bonds. The van der Waals surface area contributed by atoms with Crippen LogP contribution in [-0.2, 0) is 51.5 Å². The zero-order valence-electron chi connectivity index (χ0n) is 41.4. The fourth-order valence-corrected chi connectivity index (χ4v) is 12.2. The molecule has 0 N–H and O–H groups in total. The molecule has 402 valence electrons. The van der Waals surface area contributed by atoms with Crippen LogP contribution in [0.2, 0.25) is 0 Å². The molecule has 2 aliphatic rings. The molecule has 23 heteroatoms. The first-order chi connectivity index (χ1) is 34.4. The van der Waals surface area contributed by atoms with Gasteiger partial charge in [-0.05, 0) is 70.6 Å². The molecule has 0 aromatic heterocycles. The second-order valence-electron chi connectivity index (χ2n) is 17.5. The van der Waals surface area contributed by atoms with Crippen LogP contribution < -0.4 is 50.8 Å². The molecule has 8 rings (SSSR count). The predicted molar refractivity (Wildman–Crippen MR) is 273 cm³/mol. The Labute approximate surface area is 449 Å². The van der Waals surface area contributed by atoms with Gasteiger partial charge in [0.2, 0.25) is 13.6 Å². The number of rotatable bonds is 7. The minimum atomic E-state index is -6.09. The number of benzene rings is 6. The molecule has 0 bridgehead atoms. The van der Waals surface area contributed by atoms with E-state index >= 15 is 0 Å². The maximum absolute atomic E-state index is 10.7. The van der Waals surface area contributed by atoms with Crippen molar-refractivity contribution in [3.63, 3.8) is 0 Å². The van der Waals surface area contributed by atoms with Gasteiger partial charge in [0.1, 0.15) is 0 Å². The molecule has 6 aromatic carbocycles. The van der Waals surface area contributed by atoms with Crippen LogP contribution in [0, 0.1) is 22.7 Å². The van der Waals surface area contributed by atoms with E-state index in [1.807, 2.05) is 0 Å². The molecule has 6 aromatic rings. The molecule has 0 unspecified atom stereocenters. The van der Waals surface area contributed by atoms with Crippen LogP contribution in [0.5, 0.6) is 23.0 Å². The Morgan fingerprint density at radius 3 is 0.853 bits per heavy atom. The van der Waals surface area contributed by atoms with Gasteiger partial charge in [-0.2, -0.15) is 36.9 Å². The average Bonchev–Trinajstić information content (AvgIpc) is 4.01. The van der Waals surface area contributed by atoms with E-state index in [1.54, 1.807) is 12.1 Å². The largest absolute Gasteiger partial charge is 2.00 e. The number of ether oxygens (including phenoxy) is 4. The normalized spacial score (nSPS) is 12.6. The Balaban J connectivity index is 0.000000545. The van der Waals surface area contributed by atoms with Crippen LogP contribution >= 0.6 is 15.8 Å². The summed E-state index contributed by atoms with van der Waals surface area (Å²) in [6, 6.07) is 52.0. The SMILES string of the molecule is CC#N.CC#N.CC(C)(C)c1cc(P(c2ccccc2)c2ccccc2)c(-c2c(P(c3ccccc3)c3ccccc3)cc(C(C)(C)C)c3c2OCO3)c2c1OCO2.O=S(=O)([O-])C(F)(F)F.O=S(=O)([O-])C(F)(F)F.[Pd+2]. The van der Waals surface area contributed by atoms with Crippen LogP contribution in [0.15, 0.2) is 133 Å². The van der Waals surface area contributed by atoms with E-state index in [1.165, 1.54) is 45.7 Å². The van der Waals surface area contributed by atoms with Gasteiger partial charge in [-0.3, -0.25) is 0 Å². The molecule has 75 heavy (non-hydrogen) atoms. The van der Waals surface area contributed by atoms with Crippen molar-refractivity contribution in [3.8, 4) is 46.3 Å². The van der Waals surface area contributed by atoms with E-state index in [0.717, 1.165) is 45.3 Å². The summed E-state index contributed by atoms with van der Waals surface area (Å²) >= 11 is 0. The Kier molecular flexibility index (Phi) is 22.5. The summed E-state index contributed by atoms with van der Waals surface area (Å²) in [6.07, 6.45) is 0. The maximum atomic E-state index is 10.7. The van der Waals surface area contributed by atoms with Gasteiger partial charge < -0.3 is 28.1 Å². The number of hydrogen-bond acceptors (Lipinski definition) is 12. The van der Waals surface area contributed by atoms with Crippen molar-refractivity contribution < 1.29 is 91.7 Å². The standard InChI is InChI=1S/C46H44O4P2.2C2H3N.2CHF3O3S.Pd/c1-45(2,3)35-27-37(51(31-19-11-7-12-20-31)32-21-13-8-14-22-32)39(43-41(35)47-29-49-43)40-38(28-36(46(4,5)6)42-44(40)50-30-48-42)52(33-23-15-9-16-24-33)34-25-17-10-18-26-34;2*1-2-3;2*2-1(3,4)8(5,6)7;/h7-28H,29-30H2,1-6H3;2*1H3;2*(H,5,6,7);/q;;;;;+2/p-2. The molecule has 12 nitrogen and oxygen atoms in total. The van der Waals surface area contributed by atoms with Crippen LogP contribution in [0.3, 0.4) is 0 Å². The summed E-state index contributed by atoms with van der Waals surface area (Å²) in [7, 11) is -14.3. The zero-order chi connectivity index (χ0) is 55.5. The minimum Gasteiger partial charge on any atom is -0.741 e. The average molecular weight is 1210 g/mol. The third-order valence-electron chi connectivity index (χ3n) is 10.2. The molecule has 0 atom stereocenters. The summed E-state index contributed by atoms with van der Waals surface area (Å²) < 4.78 is 144. The molecule has 0 radical (unpaired) electrons. The zero-order valence-corrected chi connectivity index (χ0v) is 46.4. The summed E-state index contributed by atoms with van der Waals surface area (Å²) in [5, 5.41) is 22.1. The fourth-order valence-electron chi connectivity index (χ4n) is 7.22. The van der Waals surface area contributed by atoms with E-state index in [4.69, 9.17) is 55.4 Å². The summed E-state index contributed by atoms with van der Waals surface area (Å²) in [4.78, 5) is 0. The number of nitrogens with zero attached hydrogens (tertiary/aromatic N) is 2. The number of fused-ring (bicyclic) bond motifs is 2. The van der Waals surface area contributed by atoms with Gasteiger partial charge in [0.15, 0.2) is 43.2 Å². The van der Waals surface area contributed by atoms with E-state index in [-0.39, 0.29) is 44.8 Å². The van der Waals surface area contributed by atoms with Crippen molar-refractivity contribution in [2.45, 2.75) is 77.2 Å². The van der Waals surface area contributed by atoms with Crippen molar-refractivity contribution in [1.29, 1.82) is 10.5 Å². The molecule has 2 heterocycles. The third-order valence-corrected chi connectivity index (χ3v) is 16.3. The van der Waals surface area contributed by atoms with Gasteiger partial charge in [-0.25, -0.2) is 16.8 Å². The second-order valence-corrected chi connectivity index (χ2v) is 24.6.